The number of aromatic nitrogens is 2. The number of para-hydroxylation sites is 1. The van der Waals surface area contributed by atoms with Gasteiger partial charge >= 0.3 is 0 Å². The topological polar surface area (TPSA) is 84.7 Å². The summed E-state index contributed by atoms with van der Waals surface area (Å²) < 4.78 is 31.3. The van der Waals surface area contributed by atoms with Crippen LogP contribution in [0.3, 0.4) is 0 Å². The molecule has 3 heterocycles. The molecule has 1 unspecified atom stereocenters. The summed E-state index contributed by atoms with van der Waals surface area (Å²) in [6.07, 6.45) is 0.616. The van der Waals surface area contributed by atoms with Crippen LogP contribution < -0.4 is 9.64 Å². The van der Waals surface area contributed by atoms with Crippen molar-refractivity contribution in [1.82, 2.24) is 14.7 Å². The van der Waals surface area contributed by atoms with E-state index in [-0.39, 0.29) is 23.5 Å². The summed E-state index contributed by atoms with van der Waals surface area (Å²) in [4.78, 5) is 17.2. The summed E-state index contributed by atoms with van der Waals surface area (Å²) in [5.74, 6) is 1.01. The average molecular weight is 447 g/mol. The molecule has 1 atom stereocenters. The molecule has 0 radical (unpaired) electrons. The number of ether oxygens (including phenoxy) is 1. The Morgan fingerprint density at radius 3 is 2.52 bits per heavy atom. The van der Waals surface area contributed by atoms with Crippen LogP contribution in [0.2, 0.25) is 0 Å². The minimum atomic E-state index is -2.97. The molecule has 0 bridgehead atoms. The molecular weight excluding hydrogens is 416 g/mol. The number of carbonyl (C=O) groups excluding carboxylic acids is 1. The third-order valence-corrected chi connectivity index (χ3v) is 7.89. The van der Waals surface area contributed by atoms with Crippen LogP contribution in [-0.2, 0) is 9.84 Å². The summed E-state index contributed by atoms with van der Waals surface area (Å²) in [5.41, 5.74) is 3.57. The van der Waals surface area contributed by atoms with Gasteiger partial charge in [0.05, 0.1) is 46.8 Å². The monoisotopic (exact) mass is 446 g/mol. The Labute approximate surface area is 183 Å². The molecule has 31 heavy (non-hydrogen) atoms. The van der Waals surface area contributed by atoms with Gasteiger partial charge in [0.1, 0.15) is 5.75 Å². The standard InChI is InChI=1S/C22H30N4O4S/c1-4-30-20-8-6-5-7-19(20)22(27)25-12-10-24(11-13-25)21-16(2)23-26(17(21)3)18-9-14-31(28,29)15-18/h5-8,18H,4,9-15H2,1-3H3. The molecule has 1 amide bonds. The molecule has 9 heteroatoms. The number of carbonyl (C=O) groups is 1. The van der Waals surface area contributed by atoms with Gasteiger partial charge in [-0.2, -0.15) is 5.10 Å². The van der Waals surface area contributed by atoms with E-state index in [1.54, 1.807) is 0 Å². The van der Waals surface area contributed by atoms with Crippen molar-refractivity contribution in [2.24, 2.45) is 0 Å². The highest BCUT2D eigenvalue weighted by molar-refractivity contribution is 7.91. The van der Waals surface area contributed by atoms with Crippen molar-refractivity contribution in [3.8, 4) is 5.75 Å². The van der Waals surface area contributed by atoms with Crippen molar-refractivity contribution < 1.29 is 17.9 Å². The van der Waals surface area contributed by atoms with E-state index in [1.807, 2.05) is 54.6 Å². The molecule has 168 valence electrons. The molecule has 2 aliphatic heterocycles. The van der Waals surface area contributed by atoms with Crippen LogP contribution in [0, 0.1) is 13.8 Å². The highest BCUT2D eigenvalue weighted by atomic mass is 32.2. The molecule has 0 aliphatic carbocycles. The fraction of sp³-hybridized carbons (Fsp3) is 0.545. The SMILES string of the molecule is CCOc1ccccc1C(=O)N1CCN(c2c(C)nn(C3CCS(=O)(=O)C3)c2C)CC1. The Morgan fingerprint density at radius 2 is 1.87 bits per heavy atom. The number of rotatable bonds is 5. The number of benzene rings is 1. The minimum Gasteiger partial charge on any atom is -0.493 e. The first kappa shape index (κ1) is 21.7. The fourth-order valence-electron chi connectivity index (χ4n) is 4.66. The lowest BCUT2D eigenvalue weighted by atomic mass is 10.1. The Morgan fingerprint density at radius 1 is 1.16 bits per heavy atom. The van der Waals surface area contributed by atoms with Gasteiger partial charge in [0.2, 0.25) is 0 Å². The normalized spacial score (nSPS) is 20.8. The van der Waals surface area contributed by atoms with Crippen LogP contribution in [0.1, 0.15) is 41.1 Å². The Kier molecular flexibility index (Phi) is 5.96. The van der Waals surface area contributed by atoms with E-state index in [0.717, 1.165) is 17.1 Å². The van der Waals surface area contributed by atoms with Crippen molar-refractivity contribution >= 4 is 21.4 Å². The molecule has 2 fully saturated rings. The van der Waals surface area contributed by atoms with Crippen LogP contribution >= 0.6 is 0 Å². The number of hydrogen-bond donors (Lipinski definition) is 0. The predicted molar refractivity (Wildman–Crippen MR) is 120 cm³/mol. The van der Waals surface area contributed by atoms with E-state index >= 15 is 0 Å². The van der Waals surface area contributed by atoms with Gasteiger partial charge in [-0.3, -0.25) is 9.48 Å². The van der Waals surface area contributed by atoms with Gasteiger partial charge in [0.15, 0.2) is 9.84 Å². The summed E-state index contributed by atoms with van der Waals surface area (Å²) in [5, 5.41) is 4.68. The first-order valence-corrected chi connectivity index (χ1v) is 12.6. The Bertz CT molecular complexity index is 1070. The van der Waals surface area contributed by atoms with E-state index in [4.69, 9.17) is 4.74 Å². The lowest BCUT2D eigenvalue weighted by Crippen LogP contribution is -2.49. The molecule has 2 aliphatic rings. The zero-order chi connectivity index (χ0) is 22.2. The molecule has 0 saturated carbocycles. The predicted octanol–water partition coefficient (Wildman–Crippen LogP) is 2.22. The number of piperazine rings is 1. The van der Waals surface area contributed by atoms with Gasteiger partial charge in [0.25, 0.3) is 5.91 Å². The zero-order valence-corrected chi connectivity index (χ0v) is 19.2. The fourth-order valence-corrected chi connectivity index (χ4v) is 6.36. The number of sulfone groups is 1. The lowest BCUT2D eigenvalue weighted by Gasteiger charge is -2.36. The van der Waals surface area contributed by atoms with Crippen molar-refractivity contribution in [3.63, 3.8) is 0 Å². The number of anilines is 1. The highest BCUT2D eigenvalue weighted by Crippen LogP contribution is 2.32. The molecule has 4 rings (SSSR count). The summed E-state index contributed by atoms with van der Waals surface area (Å²) in [7, 11) is -2.97. The van der Waals surface area contributed by atoms with Gasteiger partial charge < -0.3 is 14.5 Å². The zero-order valence-electron chi connectivity index (χ0n) is 18.4. The third-order valence-electron chi connectivity index (χ3n) is 6.14. The molecule has 2 aromatic rings. The maximum atomic E-state index is 13.1. The Balaban J connectivity index is 1.47. The lowest BCUT2D eigenvalue weighted by molar-refractivity contribution is 0.0742. The summed E-state index contributed by atoms with van der Waals surface area (Å²) in [6.45, 7) is 9.04. The molecular formula is C22H30N4O4S. The summed E-state index contributed by atoms with van der Waals surface area (Å²) >= 11 is 0. The van der Waals surface area contributed by atoms with Crippen LogP contribution in [0.15, 0.2) is 24.3 Å². The van der Waals surface area contributed by atoms with Gasteiger partial charge in [-0.15, -0.1) is 0 Å². The van der Waals surface area contributed by atoms with E-state index in [9.17, 15) is 13.2 Å². The van der Waals surface area contributed by atoms with Gasteiger partial charge in [-0.1, -0.05) is 12.1 Å². The van der Waals surface area contributed by atoms with Crippen LogP contribution in [0.4, 0.5) is 5.69 Å². The maximum absolute atomic E-state index is 13.1. The van der Waals surface area contributed by atoms with E-state index in [2.05, 4.69) is 10.00 Å². The smallest absolute Gasteiger partial charge is 0.257 e. The van der Waals surface area contributed by atoms with Crippen LogP contribution in [-0.4, -0.2) is 73.3 Å². The molecule has 1 aromatic heterocycles. The molecule has 0 N–H and O–H groups in total. The molecule has 0 spiro atoms. The number of nitrogens with zero attached hydrogens (tertiary/aromatic N) is 4. The first-order chi connectivity index (χ1) is 14.8. The third kappa shape index (κ3) is 4.28. The van der Waals surface area contributed by atoms with Gasteiger partial charge in [-0.05, 0) is 39.3 Å². The second-order valence-electron chi connectivity index (χ2n) is 8.23. The van der Waals surface area contributed by atoms with E-state index < -0.39 is 9.84 Å². The largest absolute Gasteiger partial charge is 0.493 e. The van der Waals surface area contributed by atoms with E-state index in [1.165, 1.54) is 0 Å². The van der Waals surface area contributed by atoms with Gasteiger partial charge in [0, 0.05) is 26.2 Å². The second-order valence-corrected chi connectivity index (χ2v) is 10.5. The average Bonchev–Trinajstić information content (AvgIpc) is 3.26. The minimum absolute atomic E-state index is 0.0102. The number of amides is 1. The maximum Gasteiger partial charge on any atom is 0.257 e. The quantitative estimate of drug-likeness (QED) is 0.700. The van der Waals surface area contributed by atoms with Crippen molar-refractivity contribution in [3.05, 3.63) is 41.2 Å². The van der Waals surface area contributed by atoms with Gasteiger partial charge in [-0.25, -0.2) is 8.42 Å². The van der Waals surface area contributed by atoms with Crippen molar-refractivity contribution in [1.29, 1.82) is 0 Å². The van der Waals surface area contributed by atoms with Crippen LogP contribution in [0.25, 0.3) is 0 Å². The van der Waals surface area contributed by atoms with Crippen molar-refractivity contribution in [2.45, 2.75) is 33.2 Å². The van der Waals surface area contributed by atoms with Crippen LogP contribution in [0.5, 0.6) is 5.75 Å². The highest BCUT2D eigenvalue weighted by Gasteiger charge is 2.33. The Hall–Kier alpha value is -2.55. The summed E-state index contributed by atoms with van der Waals surface area (Å²) in [6, 6.07) is 7.29. The van der Waals surface area contributed by atoms with E-state index in [0.29, 0.717) is 50.5 Å². The molecule has 2 saturated heterocycles. The first-order valence-electron chi connectivity index (χ1n) is 10.8. The molecule has 8 nitrogen and oxygen atoms in total. The second kappa shape index (κ2) is 8.53. The molecule has 1 aromatic carbocycles. The van der Waals surface area contributed by atoms with Crippen molar-refractivity contribution in [2.75, 3.05) is 49.2 Å². The number of aryl methyl sites for hydroxylation is 1. The number of hydrogen-bond acceptors (Lipinski definition) is 6.